The van der Waals surface area contributed by atoms with Crippen LogP contribution in [0.25, 0.3) is 0 Å². The maximum Gasteiger partial charge on any atom is 0.307 e. The lowest BCUT2D eigenvalue weighted by Gasteiger charge is -2.20. The molecule has 1 aromatic heterocycles. The number of guanidine groups is 1. The number of carbonyl (C=O) groups is 2. The summed E-state index contributed by atoms with van der Waals surface area (Å²) in [4.78, 5) is 32.7. The molecule has 1 aliphatic heterocycles. The van der Waals surface area contributed by atoms with Crippen molar-refractivity contribution < 1.29 is 19.4 Å². The number of amides is 1. The summed E-state index contributed by atoms with van der Waals surface area (Å²) in [6, 6.07) is 17.4. The Morgan fingerprint density at radius 3 is 2.76 bits per heavy atom. The number of aliphatic carboxylic acids is 1. The van der Waals surface area contributed by atoms with Gasteiger partial charge in [-0.25, -0.2) is 0 Å². The van der Waals surface area contributed by atoms with E-state index >= 15 is 0 Å². The van der Waals surface area contributed by atoms with Gasteiger partial charge in [-0.15, -0.1) is 0 Å². The number of carboxylic acids is 1. The van der Waals surface area contributed by atoms with Gasteiger partial charge in [0.15, 0.2) is 5.96 Å². The van der Waals surface area contributed by atoms with E-state index in [-0.39, 0.29) is 12.3 Å². The zero-order valence-electron chi connectivity index (χ0n) is 17.7. The monoisotopic (exact) mass is 445 g/mol. The molecule has 2 heterocycles. The lowest BCUT2D eigenvalue weighted by Crippen LogP contribution is -2.26. The molecule has 0 fully saturated rings. The third-order valence-corrected chi connectivity index (χ3v) is 4.88. The van der Waals surface area contributed by atoms with Gasteiger partial charge in [0.1, 0.15) is 11.9 Å². The first-order valence-electron chi connectivity index (χ1n) is 10.4. The fourth-order valence-electron chi connectivity index (χ4n) is 3.33. The third-order valence-electron chi connectivity index (χ3n) is 4.88. The molecule has 0 aliphatic carbocycles. The van der Waals surface area contributed by atoms with Crippen molar-refractivity contribution in [2.45, 2.75) is 12.5 Å². The summed E-state index contributed by atoms with van der Waals surface area (Å²) in [5, 5.41) is 18.5. The first kappa shape index (κ1) is 21.8. The van der Waals surface area contributed by atoms with E-state index < -0.39 is 12.1 Å². The maximum absolute atomic E-state index is 12.9. The second-order valence-corrected chi connectivity index (χ2v) is 7.30. The molecular formula is C24H23N5O4. The fourth-order valence-corrected chi connectivity index (χ4v) is 3.33. The Balaban J connectivity index is 1.51. The molecule has 0 saturated carbocycles. The predicted molar refractivity (Wildman–Crippen MR) is 125 cm³/mol. The van der Waals surface area contributed by atoms with Gasteiger partial charge in [-0.1, -0.05) is 24.3 Å². The van der Waals surface area contributed by atoms with Crippen molar-refractivity contribution in [1.82, 2.24) is 10.3 Å². The Morgan fingerprint density at radius 2 is 2.00 bits per heavy atom. The lowest BCUT2D eigenvalue weighted by molar-refractivity contribution is -0.138. The summed E-state index contributed by atoms with van der Waals surface area (Å²) in [7, 11) is 0. The molecule has 1 unspecified atom stereocenters. The van der Waals surface area contributed by atoms with Crippen molar-refractivity contribution in [1.29, 1.82) is 0 Å². The van der Waals surface area contributed by atoms with E-state index in [1.807, 2.05) is 6.07 Å². The summed E-state index contributed by atoms with van der Waals surface area (Å²) in [6.45, 7) is 1.49. The van der Waals surface area contributed by atoms with Gasteiger partial charge in [0.05, 0.1) is 18.7 Å². The van der Waals surface area contributed by atoms with Gasteiger partial charge in [-0.05, 0) is 36.4 Å². The maximum atomic E-state index is 12.9. The van der Waals surface area contributed by atoms with E-state index in [1.165, 1.54) is 0 Å². The number of carbonyl (C=O) groups excluding carboxylic acids is 1. The van der Waals surface area contributed by atoms with Crippen LogP contribution >= 0.6 is 0 Å². The van der Waals surface area contributed by atoms with Crippen LogP contribution in [0, 0.1) is 0 Å². The summed E-state index contributed by atoms with van der Waals surface area (Å²) >= 11 is 0. The average Bonchev–Trinajstić information content (AvgIpc) is 3.33. The van der Waals surface area contributed by atoms with Crippen LogP contribution in [-0.4, -0.2) is 41.0 Å². The first-order chi connectivity index (χ1) is 16.1. The van der Waals surface area contributed by atoms with Crippen molar-refractivity contribution >= 4 is 29.2 Å². The number of rotatable bonds is 8. The highest BCUT2D eigenvalue weighted by Crippen LogP contribution is 2.31. The number of hydrogen-bond acceptors (Lipinski definition) is 7. The van der Waals surface area contributed by atoms with E-state index in [9.17, 15) is 14.7 Å². The number of aliphatic imine (C=N–C) groups is 1. The smallest absolute Gasteiger partial charge is 0.307 e. The molecule has 4 rings (SSSR count). The SMILES string of the molecule is O=C(O)CC(Oc1ccccc1NC(=O)c1cccc(NC2=NCCN2)c1)c1cccnc1. The minimum absolute atomic E-state index is 0.250. The fraction of sp³-hybridized carbons (Fsp3) is 0.167. The Morgan fingerprint density at radius 1 is 1.12 bits per heavy atom. The van der Waals surface area contributed by atoms with Crippen LogP contribution in [0.5, 0.6) is 5.75 Å². The topological polar surface area (TPSA) is 125 Å². The molecule has 4 N–H and O–H groups in total. The van der Waals surface area contributed by atoms with Gasteiger partial charge >= 0.3 is 5.97 Å². The van der Waals surface area contributed by atoms with Gasteiger partial charge in [0.25, 0.3) is 5.91 Å². The zero-order chi connectivity index (χ0) is 23.0. The number of hydrogen-bond donors (Lipinski definition) is 4. The van der Waals surface area contributed by atoms with Crippen LogP contribution in [0.15, 0.2) is 78.0 Å². The zero-order valence-corrected chi connectivity index (χ0v) is 17.7. The van der Waals surface area contributed by atoms with Gasteiger partial charge < -0.3 is 25.8 Å². The van der Waals surface area contributed by atoms with Crippen LogP contribution < -0.4 is 20.7 Å². The van der Waals surface area contributed by atoms with Crippen LogP contribution in [-0.2, 0) is 4.79 Å². The van der Waals surface area contributed by atoms with Crippen molar-refractivity contribution in [3.63, 3.8) is 0 Å². The van der Waals surface area contributed by atoms with E-state index in [1.54, 1.807) is 67.0 Å². The quantitative estimate of drug-likeness (QED) is 0.419. The van der Waals surface area contributed by atoms with Crippen molar-refractivity contribution in [3.8, 4) is 5.75 Å². The number of nitrogens with one attached hydrogen (secondary N) is 3. The van der Waals surface area contributed by atoms with E-state index in [0.717, 1.165) is 12.2 Å². The molecule has 33 heavy (non-hydrogen) atoms. The summed E-state index contributed by atoms with van der Waals surface area (Å²) in [6.07, 6.45) is 2.16. The molecule has 1 amide bonds. The number of anilines is 2. The van der Waals surface area contributed by atoms with Crippen LogP contribution in [0.1, 0.15) is 28.4 Å². The number of aromatic nitrogens is 1. The number of carboxylic acid groups (broad SMARTS) is 1. The van der Waals surface area contributed by atoms with Crippen molar-refractivity contribution in [3.05, 3.63) is 84.2 Å². The average molecular weight is 445 g/mol. The molecular weight excluding hydrogens is 422 g/mol. The van der Waals surface area contributed by atoms with Crippen LogP contribution in [0.4, 0.5) is 11.4 Å². The summed E-state index contributed by atoms with van der Waals surface area (Å²) in [5.41, 5.74) is 2.24. The first-order valence-corrected chi connectivity index (χ1v) is 10.4. The summed E-state index contributed by atoms with van der Waals surface area (Å²) < 4.78 is 6.02. The Bertz CT molecular complexity index is 1170. The standard InChI is InChI=1S/C24H23N5O4/c30-22(31)14-21(17-6-4-10-25-15-17)33-20-9-2-1-8-19(20)29-23(32)16-5-3-7-18(13-16)28-24-26-11-12-27-24/h1-10,13,15,21H,11-12,14H2,(H,29,32)(H,30,31)(H2,26,27,28). The van der Waals surface area contributed by atoms with Gasteiger partial charge in [-0.3, -0.25) is 19.6 Å². The van der Waals surface area contributed by atoms with Gasteiger partial charge in [0.2, 0.25) is 0 Å². The number of ether oxygens (including phenoxy) is 1. The van der Waals surface area contributed by atoms with Gasteiger partial charge in [-0.2, -0.15) is 0 Å². The number of nitrogens with zero attached hydrogens (tertiary/aromatic N) is 2. The van der Waals surface area contributed by atoms with Gasteiger partial charge in [0, 0.05) is 35.8 Å². The Labute approximate surface area is 190 Å². The van der Waals surface area contributed by atoms with Crippen molar-refractivity contribution in [2.75, 3.05) is 23.7 Å². The minimum Gasteiger partial charge on any atom is -0.483 e. The molecule has 3 aromatic rings. The normalized spacial score (nSPS) is 13.4. The van der Waals surface area contributed by atoms with Crippen LogP contribution in [0.2, 0.25) is 0 Å². The molecule has 9 nitrogen and oxygen atoms in total. The molecule has 168 valence electrons. The number of para-hydroxylation sites is 2. The van der Waals surface area contributed by atoms with Crippen molar-refractivity contribution in [2.24, 2.45) is 4.99 Å². The van der Waals surface area contributed by atoms with E-state index in [0.29, 0.717) is 35.1 Å². The number of pyridine rings is 1. The molecule has 1 atom stereocenters. The Kier molecular flexibility index (Phi) is 6.79. The van der Waals surface area contributed by atoms with E-state index in [2.05, 4.69) is 25.9 Å². The molecule has 9 heteroatoms. The molecule has 2 aromatic carbocycles. The minimum atomic E-state index is -1.00. The highest BCUT2D eigenvalue weighted by atomic mass is 16.5. The molecule has 0 saturated heterocycles. The highest BCUT2D eigenvalue weighted by molar-refractivity contribution is 6.06. The third kappa shape index (κ3) is 5.85. The highest BCUT2D eigenvalue weighted by Gasteiger charge is 2.20. The molecule has 0 spiro atoms. The molecule has 0 bridgehead atoms. The van der Waals surface area contributed by atoms with Crippen LogP contribution in [0.3, 0.4) is 0 Å². The predicted octanol–water partition coefficient (Wildman–Crippen LogP) is 3.30. The van der Waals surface area contributed by atoms with E-state index in [4.69, 9.17) is 4.74 Å². The lowest BCUT2D eigenvalue weighted by atomic mass is 10.1. The largest absolute Gasteiger partial charge is 0.483 e. The molecule has 0 radical (unpaired) electrons. The number of benzene rings is 2. The second-order valence-electron chi connectivity index (χ2n) is 7.30. The molecule has 1 aliphatic rings. The second kappa shape index (κ2) is 10.3. The summed E-state index contributed by atoms with van der Waals surface area (Å²) in [5.74, 6) is -0.297. The Hall–Kier alpha value is -4.40.